The first-order valence-corrected chi connectivity index (χ1v) is 12.6. The number of fused-ring (bicyclic) bond motifs is 3. The Bertz CT molecular complexity index is 1020. The predicted molar refractivity (Wildman–Crippen MR) is 133 cm³/mol. The van der Waals surface area contributed by atoms with Gasteiger partial charge in [-0.15, -0.1) is 0 Å². The summed E-state index contributed by atoms with van der Waals surface area (Å²) >= 11 is 0. The number of amides is 2. The molecule has 3 atom stereocenters. The number of aliphatic carboxylic acids is 1. The average molecular weight is 479 g/mol. The summed E-state index contributed by atoms with van der Waals surface area (Å²) in [5.74, 6) is -1.38. The van der Waals surface area contributed by atoms with E-state index in [1.165, 1.54) is 11.1 Å². The summed E-state index contributed by atoms with van der Waals surface area (Å²) < 4.78 is 5.66. The van der Waals surface area contributed by atoms with Crippen molar-refractivity contribution in [2.45, 2.75) is 69.9 Å². The molecule has 7 heteroatoms. The molecule has 1 fully saturated rings. The van der Waals surface area contributed by atoms with E-state index in [0.29, 0.717) is 25.7 Å². The Hall–Kier alpha value is -3.35. The molecule has 2 amide bonds. The molecule has 0 saturated heterocycles. The van der Waals surface area contributed by atoms with E-state index in [-0.39, 0.29) is 36.9 Å². The van der Waals surface area contributed by atoms with Crippen LogP contribution in [0.5, 0.6) is 0 Å². The molecule has 0 heterocycles. The number of benzene rings is 2. The monoisotopic (exact) mass is 478 g/mol. The minimum Gasteiger partial charge on any atom is -0.481 e. The number of carbonyl (C=O) groups excluding carboxylic acids is 2. The first-order valence-electron chi connectivity index (χ1n) is 12.6. The van der Waals surface area contributed by atoms with E-state index in [4.69, 9.17) is 4.74 Å². The number of unbranched alkanes of at least 4 members (excludes halogenated alkanes) is 1. The van der Waals surface area contributed by atoms with Crippen molar-refractivity contribution in [3.63, 3.8) is 0 Å². The molecule has 2 aliphatic rings. The maximum atomic E-state index is 12.7. The molecule has 0 unspecified atom stereocenters. The van der Waals surface area contributed by atoms with Gasteiger partial charge in [-0.25, -0.2) is 4.79 Å². The summed E-state index contributed by atoms with van der Waals surface area (Å²) in [6.45, 7) is 2.29. The molecule has 0 spiro atoms. The van der Waals surface area contributed by atoms with Gasteiger partial charge < -0.3 is 20.5 Å². The maximum Gasteiger partial charge on any atom is 0.407 e. The fourth-order valence-corrected chi connectivity index (χ4v) is 5.33. The quantitative estimate of drug-likeness (QED) is 0.453. The van der Waals surface area contributed by atoms with E-state index in [9.17, 15) is 19.5 Å². The van der Waals surface area contributed by atoms with Crippen LogP contribution in [0.3, 0.4) is 0 Å². The van der Waals surface area contributed by atoms with E-state index in [0.717, 1.165) is 24.0 Å². The van der Waals surface area contributed by atoms with Crippen LogP contribution in [0, 0.1) is 5.92 Å². The first-order chi connectivity index (χ1) is 17.0. The zero-order valence-electron chi connectivity index (χ0n) is 20.2. The van der Waals surface area contributed by atoms with Gasteiger partial charge in [-0.05, 0) is 47.9 Å². The number of ether oxygens (including phenoxy) is 1. The highest BCUT2D eigenvalue weighted by atomic mass is 16.5. The smallest absolute Gasteiger partial charge is 0.407 e. The lowest BCUT2D eigenvalue weighted by Crippen LogP contribution is -2.42. The predicted octanol–water partition coefficient (Wildman–Crippen LogP) is 4.84. The lowest BCUT2D eigenvalue weighted by atomic mass is 9.98. The van der Waals surface area contributed by atoms with Gasteiger partial charge in [0.1, 0.15) is 6.61 Å². The molecular weight excluding hydrogens is 444 g/mol. The summed E-state index contributed by atoms with van der Waals surface area (Å²) in [4.78, 5) is 36.5. The molecule has 0 radical (unpaired) electrons. The highest BCUT2D eigenvalue weighted by molar-refractivity contribution is 5.80. The molecule has 0 bridgehead atoms. The Morgan fingerprint density at radius 2 is 1.69 bits per heavy atom. The molecule has 1 saturated carbocycles. The number of alkyl carbamates (subject to hydrolysis) is 1. The standard InChI is InChI=1S/C28H34N2O5/c1-2-3-8-19(16-26(31)29-20-14-13-18(15-20)27(32)33)30-28(34)35-17-25-23-11-6-4-9-21(23)22-10-5-7-12-24(22)25/h4-7,9-12,18-20,25H,2-3,8,13-17H2,1H3,(H,29,31)(H,30,34)(H,32,33)/t18-,19+,20+/m0/s1. The third-order valence-electron chi connectivity index (χ3n) is 7.15. The maximum absolute atomic E-state index is 12.7. The van der Waals surface area contributed by atoms with Crippen LogP contribution in [-0.4, -0.2) is 41.8 Å². The first kappa shape index (κ1) is 24.8. The molecule has 4 rings (SSSR count). The van der Waals surface area contributed by atoms with E-state index in [1.807, 2.05) is 24.3 Å². The molecule has 0 aliphatic heterocycles. The fourth-order valence-electron chi connectivity index (χ4n) is 5.33. The molecule has 186 valence electrons. The molecule has 35 heavy (non-hydrogen) atoms. The van der Waals surface area contributed by atoms with Crippen molar-refractivity contribution in [2.24, 2.45) is 5.92 Å². The van der Waals surface area contributed by atoms with Crippen LogP contribution in [0.1, 0.15) is 68.9 Å². The van der Waals surface area contributed by atoms with Gasteiger partial charge >= 0.3 is 12.1 Å². The number of hydrogen-bond donors (Lipinski definition) is 3. The largest absolute Gasteiger partial charge is 0.481 e. The minimum atomic E-state index is -0.806. The van der Waals surface area contributed by atoms with Crippen LogP contribution in [-0.2, 0) is 14.3 Å². The van der Waals surface area contributed by atoms with Crippen LogP contribution in [0.2, 0.25) is 0 Å². The lowest BCUT2D eigenvalue weighted by Gasteiger charge is -2.21. The Kier molecular flexibility index (Phi) is 8.06. The zero-order chi connectivity index (χ0) is 24.8. The molecule has 2 aliphatic carbocycles. The van der Waals surface area contributed by atoms with Gasteiger partial charge in [-0.1, -0.05) is 68.3 Å². The van der Waals surface area contributed by atoms with E-state index < -0.39 is 18.0 Å². The van der Waals surface area contributed by atoms with Crippen molar-refractivity contribution in [1.29, 1.82) is 0 Å². The molecule has 0 aromatic heterocycles. The Balaban J connectivity index is 1.32. The van der Waals surface area contributed by atoms with Gasteiger partial charge in [0.05, 0.1) is 5.92 Å². The third-order valence-corrected chi connectivity index (χ3v) is 7.15. The Labute approximate surface area is 206 Å². The van der Waals surface area contributed by atoms with E-state index in [1.54, 1.807) is 0 Å². The summed E-state index contributed by atoms with van der Waals surface area (Å²) in [5, 5.41) is 15.0. The summed E-state index contributed by atoms with van der Waals surface area (Å²) in [5.41, 5.74) is 4.65. The van der Waals surface area contributed by atoms with Crippen LogP contribution >= 0.6 is 0 Å². The van der Waals surface area contributed by atoms with Gasteiger partial charge in [0, 0.05) is 24.4 Å². The van der Waals surface area contributed by atoms with Crippen molar-refractivity contribution < 1.29 is 24.2 Å². The van der Waals surface area contributed by atoms with Crippen LogP contribution in [0.25, 0.3) is 11.1 Å². The normalized spacial score (nSPS) is 19.5. The minimum absolute atomic E-state index is 0.0184. The topological polar surface area (TPSA) is 105 Å². The number of nitrogens with one attached hydrogen (secondary N) is 2. The average Bonchev–Trinajstić information content (AvgIpc) is 3.44. The Morgan fingerprint density at radius 3 is 2.29 bits per heavy atom. The Morgan fingerprint density at radius 1 is 1.03 bits per heavy atom. The van der Waals surface area contributed by atoms with Gasteiger partial charge in [0.15, 0.2) is 0 Å². The molecule has 3 N–H and O–H groups in total. The third kappa shape index (κ3) is 6.02. The van der Waals surface area contributed by atoms with Crippen molar-refractivity contribution in [3.8, 4) is 11.1 Å². The summed E-state index contributed by atoms with van der Waals surface area (Å²) in [7, 11) is 0. The van der Waals surface area contributed by atoms with Gasteiger partial charge in [0.25, 0.3) is 0 Å². The van der Waals surface area contributed by atoms with Crippen molar-refractivity contribution in [2.75, 3.05) is 6.61 Å². The molecule has 2 aromatic rings. The van der Waals surface area contributed by atoms with Crippen LogP contribution in [0.15, 0.2) is 48.5 Å². The molecule has 2 aromatic carbocycles. The van der Waals surface area contributed by atoms with Crippen molar-refractivity contribution in [3.05, 3.63) is 59.7 Å². The number of rotatable bonds is 10. The van der Waals surface area contributed by atoms with Gasteiger partial charge in [-0.3, -0.25) is 9.59 Å². The number of carboxylic acids is 1. The second-order valence-corrected chi connectivity index (χ2v) is 9.63. The number of carboxylic acid groups (broad SMARTS) is 1. The van der Waals surface area contributed by atoms with Crippen molar-refractivity contribution >= 4 is 18.0 Å². The second-order valence-electron chi connectivity index (χ2n) is 9.63. The zero-order valence-corrected chi connectivity index (χ0v) is 20.2. The number of carbonyl (C=O) groups is 3. The lowest BCUT2D eigenvalue weighted by molar-refractivity contribution is -0.141. The van der Waals surface area contributed by atoms with E-state index in [2.05, 4.69) is 41.8 Å². The second kappa shape index (κ2) is 11.4. The SMILES string of the molecule is CCCC[C@H](CC(=O)N[C@@H]1CC[C@H](C(=O)O)C1)NC(=O)OCC1c2ccccc2-c2ccccc21. The fraction of sp³-hybridized carbons (Fsp3) is 0.464. The molecular formula is C28H34N2O5. The summed E-state index contributed by atoms with van der Waals surface area (Å²) in [6, 6.07) is 15.9. The highest BCUT2D eigenvalue weighted by Crippen LogP contribution is 2.44. The van der Waals surface area contributed by atoms with Gasteiger partial charge in [-0.2, -0.15) is 0 Å². The van der Waals surface area contributed by atoms with E-state index >= 15 is 0 Å². The summed E-state index contributed by atoms with van der Waals surface area (Å²) in [6.07, 6.45) is 3.85. The molecule has 7 nitrogen and oxygen atoms in total. The van der Waals surface area contributed by atoms with Gasteiger partial charge in [0.2, 0.25) is 5.91 Å². The van der Waals surface area contributed by atoms with Crippen LogP contribution in [0.4, 0.5) is 4.79 Å². The highest BCUT2D eigenvalue weighted by Gasteiger charge is 2.32. The van der Waals surface area contributed by atoms with Crippen LogP contribution < -0.4 is 10.6 Å². The number of hydrogen-bond acceptors (Lipinski definition) is 4. The van der Waals surface area contributed by atoms with Crippen molar-refractivity contribution in [1.82, 2.24) is 10.6 Å².